The summed E-state index contributed by atoms with van der Waals surface area (Å²) >= 11 is 0. The molecule has 0 saturated carbocycles. The van der Waals surface area contributed by atoms with E-state index < -0.39 is 35.8 Å². The molecule has 0 amide bonds. The molecule has 0 unspecified atom stereocenters. The molecule has 0 aliphatic heterocycles. The van der Waals surface area contributed by atoms with E-state index in [4.69, 9.17) is 10.2 Å². The van der Waals surface area contributed by atoms with Crippen LogP contribution in [0.4, 0.5) is 0 Å². The molecule has 0 atom stereocenters. The molecule has 0 aromatic heterocycles. The van der Waals surface area contributed by atoms with E-state index in [0.717, 1.165) is 12.1 Å². The van der Waals surface area contributed by atoms with Crippen molar-refractivity contribution >= 4 is 11.9 Å². The third-order valence-corrected chi connectivity index (χ3v) is 1.64. The Morgan fingerprint density at radius 3 is 2.00 bits per heavy atom. The summed E-state index contributed by atoms with van der Waals surface area (Å²) < 4.78 is 4.57. The van der Waals surface area contributed by atoms with Gasteiger partial charge in [0.2, 0.25) is 5.75 Å². The van der Waals surface area contributed by atoms with Gasteiger partial charge in [0.25, 0.3) is 0 Å². The normalized spacial score (nSPS) is 9.75. The number of benzene rings is 1. The smallest absolute Gasteiger partial charge is 0.341 e. The average Bonchev–Trinajstić information content (AvgIpc) is 2.15. The van der Waals surface area contributed by atoms with E-state index in [0.29, 0.717) is 0 Å². The van der Waals surface area contributed by atoms with Crippen LogP contribution in [0.25, 0.3) is 0 Å². The van der Waals surface area contributed by atoms with Crippen molar-refractivity contribution in [2.75, 3.05) is 6.61 Å². The van der Waals surface area contributed by atoms with Gasteiger partial charge in [-0.3, -0.25) is 0 Å². The Morgan fingerprint density at radius 2 is 1.62 bits per heavy atom. The number of aromatic carboxylic acids is 1. The van der Waals surface area contributed by atoms with Gasteiger partial charge in [-0.05, 0) is 12.1 Å². The van der Waals surface area contributed by atoms with Gasteiger partial charge in [0, 0.05) is 0 Å². The Bertz CT molecular complexity index is 414. The largest absolute Gasteiger partial charge is 0.504 e. The van der Waals surface area contributed by atoms with Crippen molar-refractivity contribution in [3.05, 3.63) is 17.7 Å². The molecule has 7 heteroatoms. The Kier molecular flexibility index (Phi) is 3.19. The third kappa shape index (κ3) is 2.53. The predicted molar refractivity (Wildman–Crippen MR) is 49.9 cm³/mol. The summed E-state index contributed by atoms with van der Waals surface area (Å²) in [6, 6.07) is 1.69. The first-order valence-corrected chi connectivity index (χ1v) is 4.05. The van der Waals surface area contributed by atoms with Gasteiger partial charge < -0.3 is 25.2 Å². The van der Waals surface area contributed by atoms with Crippen LogP contribution in [-0.4, -0.2) is 39.0 Å². The Labute approximate surface area is 89.1 Å². The van der Waals surface area contributed by atoms with E-state index >= 15 is 0 Å². The summed E-state index contributed by atoms with van der Waals surface area (Å²) in [5.41, 5.74) is -0.335. The van der Waals surface area contributed by atoms with Gasteiger partial charge in [0.1, 0.15) is 0 Å². The van der Waals surface area contributed by atoms with Crippen LogP contribution in [0.15, 0.2) is 12.1 Å². The van der Waals surface area contributed by atoms with Crippen LogP contribution in [0.5, 0.6) is 17.2 Å². The van der Waals surface area contributed by atoms with Crippen LogP contribution < -0.4 is 4.74 Å². The highest BCUT2D eigenvalue weighted by Gasteiger charge is 2.15. The van der Waals surface area contributed by atoms with Crippen LogP contribution in [0.3, 0.4) is 0 Å². The van der Waals surface area contributed by atoms with Crippen molar-refractivity contribution in [2.45, 2.75) is 0 Å². The van der Waals surface area contributed by atoms with E-state index in [-0.39, 0.29) is 5.56 Å². The van der Waals surface area contributed by atoms with E-state index in [2.05, 4.69) is 4.74 Å². The number of aromatic hydroxyl groups is 2. The van der Waals surface area contributed by atoms with Crippen LogP contribution >= 0.6 is 0 Å². The maximum Gasteiger partial charge on any atom is 0.341 e. The summed E-state index contributed by atoms with van der Waals surface area (Å²) in [6.07, 6.45) is 0. The van der Waals surface area contributed by atoms with Gasteiger partial charge in [-0.1, -0.05) is 0 Å². The first-order valence-electron chi connectivity index (χ1n) is 4.05. The van der Waals surface area contributed by atoms with Crippen molar-refractivity contribution in [3.8, 4) is 17.2 Å². The van der Waals surface area contributed by atoms with Crippen molar-refractivity contribution < 1.29 is 34.8 Å². The molecule has 0 spiro atoms. The molecule has 0 fully saturated rings. The van der Waals surface area contributed by atoms with Crippen molar-refractivity contribution in [1.82, 2.24) is 0 Å². The predicted octanol–water partition coefficient (Wildman–Crippen LogP) is 0.259. The topological polar surface area (TPSA) is 124 Å². The first-order chi connectivity index (χ1) is 7.41. The van der Waals surface area contributed by atoms with Crippen molar-refractivity contribution in [1.29, 1.82) is 0 Å². The highest BCUT2D eigenvalue weighted by Crippen LogP contribution is 2.36. The lowest BCUT2D eigenvalue weighted by Gasteiger charge is -2.08. The third-order valence-electron chi connectivity index (χ3n) is 1.64. The van der Waals surface area contributed by atoms with Crippen LogP contribution in [0.1, 0.15) is 10.4 Å². The lowest BCUT2D eigenvalue weighted by molar-refractivity contribution is -0.139. The number of carboxylic acids is 2. The number of aliphatic carboxylic acids is 1. The Balaban J connectivity index is 3.03. The van der Waals surface area contributed by atoms with Crippen LogP contribution in [-0.2, 0) is 4.79 Å². The van der Waals surface area contributed by atoms with Gasteiger partial charge in [0.15, 0.2) is 18.1 Å². The summed E-state index contributed by atoms with van der Waals surface area (Å²) in [7, 11) is 0. The summed E-state index contributed by atoms with van der Waals surface area (Å²) in [6.45, 7) is -0.756. The van der Waals surface area contributed by atoms with Gasteiger partial charge in [-0.15, -0.1) is 0 Å². The van der Waals surface area contributed by atoms with Crippen molar-refractivity contribution in [3.63, 3.8) is 0 Å². The zero-order valence-corrected chi connectivity index (χ0v) is 7.88. The minimum Gasteiger partial charge on any atom is -0.504 e. The van der Waals surface area contributed by atoms with Crippen LogP contribution in [0, 0.1) is 0 Å². The molecule has 0 bridgehead atoms. The molecular weight excluding hydrogens is 220 g/mol. The second-order valence-electron chi connectivity index (χ2n) is 2.83. The Hall–Kier alpha value is -2.44. The first kappa shape index (κ1) is 11.6. The maximum absolute atomic E-state index is 10.5. The number of carboxylic acid groups (broad SMARTS) is 2. The fraction of sp³-hybridized carbons (Fsp3) is 0.111. The minimum atomic E-state index is -1.34. The average molecular weight is 228 g/mol. The van der Waals surface area contributed by atoms with Gasteiger partial charge in [0.05, 0.1) is 5.56 Å². The fourth-order valence-corrected chi connectivity index (χ4v) is 1.00. The number of hydrogen-bond acceptors (Lipinski definition) is 5. The quantitative estimate of drug-likeness (QED) is 0.582. The molecule has 4 N–H and O–H groups in total. The second-order valence-corrected chi connectivity index (χ2v) is 2.83. The van der Waals surface area contributed by atoms with Crippen LogP contribution in [0.2, 0.25) is 0 Å². The lowest BCUT2D eigenvalue weighted by atomic mass is 10.2. The lowest BCUT2D eigenvalue weighted by Crippen LogP contribution is -2.10. The number of ether oxygens (including phenoxy) is 1. The molecule has 16 heavy (non-hydrogen) atoms. The highest BCUT2D eigenvalue weighted by atomic mass is 16.5. The molecular formula is C9H8O7. The molecule has 1 aromatic carbocycles. The number of rotatable bonds is 4. The molecule has 1 rings (SSSR count). The van der Waals surface area contributed by atoms with E-state index in [1.54, 1.807) is 0 Å². The SMILES string of the molecule is O=C(O)COc1c(O)cc(C(=O)O)cc1O. The molecule has 1 aromatic rings. The zero-order chi connectivity index (χ0) is 12.3. The monoisotopic (exact) mass is 228 g/mol. The Morgan fingerprint density at radius 1 is 1.12 bits per heavy atom. The molecule has 0 radical (unpaired) electrons. The molecule has 7 nitrogen and oxygen atoms in total. The molecule has 0 saturated heterocycles. The molecule has 0 aliphatic rings. The highest BCUT2D eigenvalue weighted by molar-refractivity contribution is 5.89. The number of phenols is 2. The fourth-order valence-electron chi connectivity index (χ4n) is 1.00. The number of carbonyl (C=O) groups is 2. The number of hydrogen-bond donors (Lipinski definition) is 4. The number of phenolic OH excluding ortho intramolecular Hbond substituents is 2. The summed E-state index contributed by atoms with van der Waals surface area (Å²) in [5, 5.41) is 35.5. The van der Waals surface area contributed by atoms with E-state index in [1.807, 2.05) is 0 Å². The molecule has 86 valence electrons. The second kappa shape index (κ2) is 4.39. The molecule has 0 heterocycles. The zero-order valence-electron chi connectivity index (χ0n) is 7.88. The van der Waals surface area contributed by atoms with Gasteiger partial charge >= 0.3 is 11.9 Å². The van der Waals surface area contributed by atoms with Gasteiger partial charge in [-0.25, -0.2) is 9.59 Å². The maximum atomic E-state index is 10.5. The summed E-state index contributed by atoms with van der Waals surface area (Å²) in [5.74, 6) is -4.37. The van der Waals surface area contributed by atoms with E-state index in [1.165, 1.54) is 0 Å². The standard InChI is InChI=1S/C9H8O7/c10-5-1-4(9(14)15)2-6(11)8(5)16-3-7(12)13/h1-2,10-11H,3H2,(H,12,13)(H,14,15). The summed E-state index contributed by atoms with van der Waals surface area (Å²) in [4.78, 5) is 20.7. The van der Waals surface area contributed by atoms with Crippen molar-refractivity contribution in [2.24, 2.45) is 0 Å². The molecule has 0 aliphatic carbocycles. The minimum absolute atomic E-state index is 0.335. The van der Waals surface area contributed by atoms with E-state index in [9.17, 15) is 19.8 Å². The van der Waals surface area contributed by atoms with Gasteiger partial charge in [-0.2, -0.15) is 0 Å².